The van der Waals surface area contributed by atoms with Crippen molar-refractivity contribution in [3.05, 3.63) is 10.1 Å². The first-order chi connectivity index (χ1) is 2.64. The van der Waals surface area contributed by atoms with Crippen molar-refractivity contribution in [2.45, 2.75) is 0 Å². The van der Waals surface area contributed by atoms with Gasteiger partial charge < -0.3 is 5.11 Å². The minimum atomic E-state index is -2.02. The highest BCUT2D eigenvalue weighted by Gasteiger charge is 2.07. The lowest BCUT2D eigenvalue weighted by atomic mass is 11.3. The fourth-order valence-corrected chi connectivity index (χ4v) is 0. The minimum Gasteiger partial charge on any atom is -0.423 e. The van der Waals surface area contributed by atoms with Gasteiger partial charge in [-0.15, -0.1) is 0 Å². The van der Waals surface area contributed by atoms with Crippen LogP contribution < -0.4 is 0 Å². The number of nitro groups is 1. The third kappa shape index (κ3) is 5.22. The predicted molar refractivity (Wildman–Crippen MR) is 25.4 cm³/mol. The molecular weight excluding hydrogens is 122 g/mol. The van der Waals surface area contributed by atoms with Crippen molar-refractivity contribution in [2.24, 2.45) is 0 Å². The van der Waals surface area contributed by atoms with E-state index in [0.29, 0.717) is 0 Å². The summed E-state index contributed by atoms with van der Waals surface area (Å²) in [4.78, 5) is 16.5. The van der Waals surface area contributed by atoms with Crippen molar-refractivity contribution in [2.75, 3.05) is 0 Å². The Morgan fingerprint density at radius 3 is 1.86 bits per heavy atom. The van der Waals surface area contributed by atoms with E-state index in [1.165, 1.54) is 0 Å². The van der Waals surface area contributed by atoms with Crippen LogP contribution >= 0.6 is 13.5 Å². The Morgan fingerprint density at radius 2 is 1.86 bits per heavy atom. The van der Waals surface area contributed by atoms with Gasteiger partial charge in [0.1, 0.15) is 4.92 Å². The van der Waals surface area contributed by atoms with Gasteiger partial charge in [0.15, 0.2) is 0 Å². The number of hydrogen-bond acceptors (Lipinski definition) is 3. The molecule has 0 rings (SSSR count). The second-order valence-electron chi connectivity index (χ2n) is 0.540. The summed E-state index contributed by atoms with van der Waals surface area (Å²) in [6, 6.07) is 0. The van der Waals surface area contributed by atoms with E-state index in [4.69, 9.17) is 20.0 Å². The van der Waals surface area contributed by atoms with Gasteiger partial charge in [-0.1, -0.05) is 0 Å². The Labute approximate surface area is 45.5 Å². The van der Waals surface area contributed by atoms with Gasteiger partial charge in [-0.25, -0.2) is 0 Å². The van der Waals surface area contributed by atoms with Gasteiger partial charge in [0.05, 0.1) is 0 Å². The van der Waals surface area contributed by atoms with Crippen LogP contribution in [0.3, 0.4) is 0 Å². The molecule has 0 bridgehead atoms. The lowest BCUT2D eigenvalue weighted by molar-refractivity contribution is -0.392. The molecule has 6 heteroatoms. The third-order valence-corrected chi connectivity index (χ3v) is 0.156. The predicted octanol–water partition coefficient (Wildman–Crippen LogP) is 0.0539. The highest BCUT2D eigenvalue weighted by Crippen LogP contribution is 1.64. The van der Waals surface area contributed by atoms with Crippen LogP contribution in [0.5, 0.6) is 0 Å². The maximum Gasteiger partial charge on any atom is 0.654 e. The molecule has 1 amide bonds. The highest BCUT2D eigenvalue weighted by molar-refractivity contribution is 7.59. The van der Waals surface area contributed by atoms with Gasteiger partial charge in [-0.2, -0.15) is 18.3 Å². The molecule has 0 spiro atoms. The average Bonchev–Trinajstić information content (AvgIpc) is 1.36. The Hall–Kier alpha value is -0.780. The Balaban J connectivity index is 0. The van der Waals surface area contributed by atoms with Gasteiger partial charge in [-0.05, 0) is 0 Å². The number of carboxylic acid groups (broad SMARTS) is 1. The molecule has 0 aliphatic carbocycles. The van der Waals surface area contributed by atoms with Gasteiger partial charge in [-0.3, -0.25) is 10.1 Å². The maximum atomic E-state index is 9.00. The van der Waals surface area contributed by atoms with E-state index in [1.54, 1.807) is 0 Å². The molecule has 7 heavy (non-hydrogen) atoms. The molecule has 5 nitrogen and oxygen atoms in total. The Morgan fingerprint density at radius 1 is 1.71 bits per heavy atom. The zero-order valence-electron chi connectivity index (χ0n) is 3.12. The summed E-state index contributed by atoms with van der Waals surface area (Å²) in [5.41, 5.74) is 0. The molecule has 0 unspecified atom stereocenters. The number of hydrogen-bond donors (Lipinski definition) is 1. The lowest BCUT2D eigenvalue weighted by Crippen LogP contribution is -2.05. The van der Waals surface area contributed by atoms with E-state index < -0.39 is 11.0 Å². The van der Waals surface area contributed by atoms with Gasteiger partial charge in [0.2, 0.25) is 0 Å². The second kappa shape index (κ2) is 3.41. The molecule has 0 heterocycles. The number of rotatable bonds is 0. The quantitative estimate of drug-likeness (QED) is 0.366. The van der Waals surface area contributed by atoms with E-state index in [-0.39, 0.29) is 13.5 Å². The normalized spacial score (nSPS) is 6.29. The van der Waals surface area contributed by atoms with E-state index in [1.807, 2.05) is 0 Å². The smallest absolute Gasteiger partial charge is 0.423 e. The SMILES string of the molecule is O=C(O)[N+](=O)[O-].S. The summed E-state index contributed by atoms with van der Waals surface area (Å²) in [6.07, 6.45) is -2.02. The van der Waals surface area contributed by atoms with Crippen molar-refractivity contribution in [3.63, 3.8) is 0 Å². The molecule has 0 aliphatic rings. The third-order valence-electron chi connectivity index (χ3n) is 0.156. The molecule has 0 atom stereocenters. The molecule has 0 aliphatic heterocycles. The maximum absolute atomic E-state index is 9.00. The minimum absolute atomic E-state index is 0. The van der Waals surface area contributed by atoms with Crippen LogP contribution in [0.2, 0.25) is 0 Å². The van der Waals surface area contributed by atoms with Gasteiger partial charge in [0.25, 0.3) is 0 Å². The summed E-state index contributed by atoms with van der Waals surface area (Å²) in [7, 11) is 0. The number of nitrogens with zero attached hydrogens (tertiary/aromatic N) is 1. The summed E-state index contributed by atoms with van der Waals surface area (Å²) < 4.78 is 0. The monoisotopic (exact) mass is 125 g/mol. The second-order valence-corrected chi connectivity index (χ2v) is 0.540. The van der Waals surface area contributed by atoms with Crippen molar-refractivity contribution in [1.82, 2.24) is 0 Å². The van der Waals surface area contributed by atoms with Crippen LogP contribution in [0.15, 0.2) is 0 Å². The molecule has 0 radical (unpaired) electrons. The summed E-state index contributed by atoms with van der Waals surface area (Å²) in [5.74, 6) is 0. The largest absolute Gasteiger partial charge is 0.654 e. The van der Waals surface area contributed by atoms with Crippen molar-refractivity contribution in [3.8, 4) is 0 Å². The molecule has 1 N–H and O–H groups in total. The molecule has 0 aromatic carbocycles. The van der Waals surface area contributed by atoms with E-state index in [0.717, 1.165) is 0 Å². The molecule has 0 saturated carbocycles. The zero-order valence-corrected chi connectivity index (χ0v) is 4.12. The first kappa shape index (κ1) is 9.52. The summed E-state index contributed by atoms with van der Waals surface area (Å²) in [6.45, 7) is 0. The molecular formula is CH3NO4S. The van der Waals surface area contributed by atoms with Crippen LogP contribution in [0, 0.1) is 10.1 Å². The van der Waals surface area contributed by atoms with Crippen molar-refractivity contribution in [1.29, 1.82) is 0 Å². The first-order valence-electron chi connectivity index (χ1n) is 1.02. The van der Waals surface area contributed by atoms with E-state index in [2.05, 4.69) is 0 Å². The molecule has 42 valence electrons. The fourth-order valence-electron chi connectivity index (χ4n) is 0. The summed E-state index contributed by atoms with van der Waals surface area (Å²) in [5, 5.41) is 16.2. The highest BCUT2D eigenvalue weighted by atomic mass is 32.1. The summed E-state index contributed by atoms with van der Waals surface area (Å²) >= 11 is 0. The van der Waals surface area contributed by atoms with Crippen LogP contribution in [0.25, 0.3) is 0 Å². The Kier molecular flexibility index (Phi) is 4.64. The fraction of sp³-hybridized carbons (Fsp3) is 0. The van der Waals surface area contributed by atoms with Gasteiger partial charge >= 0.3 is 6.09 Å². The lowest BCUT2D eigenvalue weighted by Gasteiger charge is -1.70. The van der Waals surface area contributed by atoms with Gasteiger partial charge in [0, 0.05) is 0 Å². The van der Waals surface area contributed by atoms with E-state index >= 15 is 0 Å². The Bertz CT molecular complexity index is 77.7. The van der Waals surface area contributed by atoms with Crippen LogP contribution in [0.4, 0.5) is 4.79 Å². The number of carbonyl (C=O) groups is 1. The molecule has 0 fully saturated rings. The average molecular weight is 125 g/mol. The molecule has 0 aromatic heterocycles. The van der Waals surface area contributed by atoms with E-state index in [9.17, 15) is 0 Å². The van der Waals surface area contributed by atoms with Crippen LogP contribution in [-0.4, -0.2) is 16.1 Å². The van der Waals surface area contributed by atoms with Crippen molar-refractivity contribution >= 4 is 19.6 Å². The standard InChI is InChI=1S/CHNO4.H2S/c3-1(4)2(5)6;/h(H,3,4);1H2. The molecule has 0 aromatic rings. The topological polar surface area (TPSA) is 80.4 Å². The van der Waals surface area contributed by atoms with Crippen LogP contribution in [-0.2, 0) is 0 Å². The van der Waals surface area contributed by atoms with Crippen molar-refractivity contribution < 1.29 is 14.8 Å². The molecule has 0 saturated heterocycles. The zero-order chi connectivity index (χ0) is 5.15. The first-order valence-corrected chi connectivity index (χ1v) is 1.02. The van der Waals surface area contributed by atoms with Crippen LogP contribution in [0.1, 0.15) is 0 Å². The number of amides is 1.